The van der Waals surface area contributed by atoms with Gasteiger partial charge >= 0.3 is 0 Å². The van der Waals surface area contributed by atoms with Crippen molar-refractivity contribution in [3.8, 4) is 5.75 Å². The van der Waals surface area contributed by atoms with Crippen LogP contribution in [0.3, 0.4) is 0 Å². The SMILES string of the molecule is CC[C@@H](C)NC(=O)[C@H](Cc1ccccc1)N(Cc1ccccc1F)C(=O)CN(c1ccc(OC)cc1)S(=O)(=O)c1ccc(C)c([N+](=O)[O-])c1. The van der Waals surface area contributed by atoms with Crippen molar-refractivity contribution in [1.82, 2.24) is 10.2 Å². The van der Waals surface area contributed by atoms with Crippen molar-refractivity contribution in [2.24, 2.45) is 0 Å². The van der Waals surface area contributed by atoms with Gasteiger partial charge in [0.15, 0.2) is 0 Å². The molecule has 0 unspecified atom stereocenters. The van der Waals surface area contributed by atoms with Crippen molar-refractivity contribution >= 4 is 33.2 Å². The van der Waals surface area contributed by atoms with Crippen LogP contribution in [-0.2, 0) is 32.6 Å². The third-order valence-corrected chi connectivity index (χ3v) is 9.95. The van der Waals surface area contributed by atoms with Gasteiger partial charge in [0.1, 0.15) is 24.2 Å². The van der Waals surface area contributed by atoms with Crippen molar-refractivity contribution in [1.29, 1.82) is 0 Å². The number of nitro groups is 1. The molecule has 2 atom stereocenters. The number of nitro benzene ring substituents is 1. The molecule has 0 saturated heterocycles. The van der Waals surface area contributed by atoms with Crippen LogP contribution < -0.4 is 14.4 Å². The lowest BCUT2D eigenvalue weighted by molar-refractivity contribution is -0.385. The third kappa shape index (κ3) is 8.99. The summed E-state index contributed by atoms with van der Waals surface area (Å²) < 4.78 is 49.7. The van der Waals surface area contributed by atoms with Gasteiger partial charge in [-0.3, -0.25) is 24.0 Å². The van der Waals surface area contributed by atoms with E-state index in [1.165, 1.54) is 73.5 Å². The first-order chi connectivity index (χ1) is 23.3. The molecular weight excluding hydrogens is 651 g/mol. The standard InChI is InChI=1S/C36H39FN4O7S/c1-5-26(3)38-36(43)34(21-27-11-7-6-8-12-27)39(23-28-13-9-10-14-32(28)37)35(42)24-40(29-16-18-30(48-4)19-17-29)49(46,47)31-20-15-25(2)33(22-31)41(44)45/h6-20,22,26,34H,5,21,23-24H2,1-4H3,(H,38,43)/t26-,34+/m1/s1. The Kier molecular flexibility index (Phi) is 12.1. The molecular formula is C36H39FN4O7S. The molecule has 258 valence electrons. The van der Waals surface area contributed by atoms with Crippen molar-refractivity contribution in [2.45, 2.75) is 57.1 Å². The van der Waals surface area contributed by atoms with Gasteiger partial charge in [-0.15, -0.1) is 0 Å². The highest BCUT2D eigenvalue weighted by molar-refractivity contribution is 7.92. The van der Waals surface area contributed by atoms with Crippen LogP contribution in [0.2, 0.25) is 0 Å². The topological polar surface area (TPSA) is 139 Å². The zero-order chi connectivity index (χ0) is 35.7. The van der Waals surface area contributed by atoms with Crippen molar-refractivity contribution in [2.75, 3.05) is 18.0 Å². The highest BCUT2D eigenvalue weighted by Gasteiger charge is 2.36. The maximum Gasteiger partial charge on any atom is 0.273 e. The molecule has 4 rings (SSSR count). The van der Waals surface area contributed by atoms with E-state index >= 15 is 4.39 Å². The quantitative estimate of drug-likeness (QED) is 0.123. The molecule has 4 aromatic rings. The van der Waals surface area contributed by atoms with Crippen LogP contribution in [0.5, 0.6) is 5.75 Å². The Morgan fingerprint density at radius 2 is 1.63 bits per heavy atom. The van der Waals surface area contributed by atoms with Crippen LogP contribution in [0.1, 0.15) is 37.0 Å². The summed E-state index contributed by atoms with van der Waals surface area (Å²) >= 11 is 0. The van der Waals surface area contributed by atoms with Gasteiger partial charge in [-0.05, 0) is 62.2 Å². The third-order valence-electron chi connectivity index (χ3n) is 8.18. The molecule has 11 nitrogen and oxygen atoms in total. The van der Waals surface area contributed by atoms with Crippen molar-refractivity contribution in [3.63, 3.8) is 0 Å². The highest BCUT2D eigenvalue weighted by Crippen LogP contribution is 2.30. The summed E-state index contributed by atoms with van der Waals surface area (Å²) in [5, 5.41) is 14.6. The fourth-order valence-electron chi connectivity index (χ4n) is 5.16. The van der Waals surface area contributed by atoms with E-state index in [2.05, 4.69) is 5.32 Å². The smallest absolute Gasteiger partial charge is 0.273 e. The Balaban J connectivity index is 1.85. The largest absolute Gasteiger partial charge is 0.497 e. The summed E-state index contributed by atoms with van der Waals surface area (Å²) in [5.41, 5.74) is 0.756. The van der Waals surface area contributed by atoms with E-state index in [1.54, 1.807) is 30.3 Å². The van der Waals surface area contributed by atoms with Gasteiger partial charge in [0, 0.05) is 36.2 Å². The summed E-state index contributed by atoms with van der Waals surface area (Å²) in [7, 11) is -3.18. The lowest BCUT2D eigenvalue weighted by atomic mass is 10.0. The molecule has 0 bridgehead atoms. The number of methoxy groups -OCH3 is 1. The Labute approximate surface area is 285 Å². The minimum absolute atomic E-state index is 0.0583. The van der Waals surface area contributed by atoms with Gasteiger partial charge < -0.3 is 15.0 Å². The average Bonchev–Trinajstić information content (AvgIpc) is 3.09. The zero-order valence-corrected chi connectivity index (χ0v) is 28.5. The predicted molar refractivity (Wildman–Crippen MR) is 184 cm³/mol. The van der Waals surface area contributed by atoms with Gasteiger partial charge in [-0.25, -0.2) is 12.8 Å². The number of halogens is 1. The number of anilines is 1. The first-order valence-corrected chi connectivity index (χ1v) is 17.1. The molecule has 0 aromatic heterocycles. The van der Waals surface area contributed by atoms with Gasteiger partial charge in [0.05, 0.1) is 22.6 Å². The fourth-order valence-corrected chi connectivity index (χ4v) is 6.59. The van der Waals surface area contributed by atoms with Crippen LogP contribution >= 0.6 is 0 Å². The van der Waals surface area contributed by atoms with E-state index in [0.717, 1.165) is 15.9 Å². The predicted octanol–water partition coefficient (Wildman–Crippen LogP) is 5.80. The normalized spacial score (nSPS) is 12.4. The lowest BCUT2D eigenvalue weighted by Gasteiger charge is -2.34. The lowest BCUT2D eigenvalue weighted by Crippen LogP contribution is -2.54. The Bertz CT molecular complexity index is 1890. The molecule has 49 heavy (non-hydrogen) atoms. The molecule has 13 heteroatoms. The molecule has 0 saturated carbocycles. The van der Waals surface area contributed by atoms with E-state index in [-0.39, 0.29) is 35.8 Å². The monoisotopic (exact) mass is 690 g/mol. The van der Waals surface area contributed by atoms with Gasteiger partial charge in [0.2, 0.25) is 11.8 Å². The van der Waals surface area contributed by atoms with Crippen molar-refractivity contribution in [3.05, 3.63) is 130 Å². The molecule has 0 aliphatic rings. The van der Waals surface area contributed by atoms with Crippen LogP contribution in [0.4, 0.5) is 15.8 Å². The Hall–Kier alpha value is -5.30. The summed E-state index contributed by atoms with van der Waals surface area (Å²) in [4.78, 5) is 40.3. The number of nitrogens with one attached hydrogen (secondary N) is 1. The summed E-state index contributed by atoms with van der Waals surface area (Å²) in [6, 6.07) is 22.8. The summed E-state index contributed by atoms with van der Waals surface area (Å²) in [5.74, 6) is -1.47. The highest BCUT2D eigenvalue weighted by atomic mass is 32.2. The van der Waals surface area contributed by atoms with Crippen molar-refractivity contribution < 1.29 is 32.1 Å². The second-order valence-corrected chi connectivity index (χ2v) is 13.4. The van der Waals surface area contributed by atoms with Crippen LogP contribution in [0, 0.1) is 22.9 Å². The number of hydrogen-bond donors (Lipinski definition) is 1. The summed E-state index contributed by atoms with van der Waals surface area (Å²) in [6.45, 7) is 4.04. The van der Waals surface area contributed by atoms with E-state index in [9.17, 15) is 28.1 Å². The molecule has 1 N–H and O–H groups in total. The second kappa shape index (κ2) is 16.2. The minimum Gasteiger partial charge on any atom is -0.497 e. The number of amides is 2. The van der Waals surface area contributed by atoms with Crippen LogP contribution in [0.25, 0.3) is 0 Å². The minimum atomic E-state index is -4.62. The molecule has 0 radical (unpaired) electrons. The number of carbonyl (C=O) groups is 2. The number of sulfonamides is 1. The number of benzene rings is 4. The van der Waals surface area contributed by atoms with Crippen LogP contribution in [-0.4, -0.2) is 55.8 Å². The van der Waals surface area contributed by atoms with E-state index in [1.807, 2.05) is 19.9 Å². The number of rotatable bonds is 15. The molecule has 0 aliphatic heterocycles. The molecule has 2 amide bonds. The Morgan fingerprint density at radius 3 is 2.24 bits per heavy atom. The average molecular weight is 691 g/mol. The number of hydrogen-bond acceptors (Lipinski definition) is 7. The molecule has 0 aliphatic carbocycles. The fraction of sp³-hybridized carbons (Fsp3) is 0.278. The molecule has 0 fully saturated rings. The number of aryl methyl sites for hydroxylation is 1. The molecule has 0 spiro atoms. The number of nitrogens with zero attached hydrogens (tertiary/aromatic N) is 3. The number of ether oxygens (including phenoxy) is 1. The maximum absolute atomic E-state index is 15.1. The van der Waals surface area contributed by atoms with Gasteiger partial charge in [0.25, 0.3) is 15.7 Å². The van der Waals surface area contributed by atoms with Crippen LogP contribution in [0.15, 0.2) is 102 Å². The molecule has 0 heterocycles. The first-order valence-electron chi connectivity index (χ1n) is 15.6. The van der Waals surface area contributed by atoms with Gasteiger partial charge in [-0.1, -0.05) is 61.5 Å². The first kappa shape index (κ1) is 36.5. The van der Waals surface area contributed by atoms with Gasteiger partial charge in [-0.2, -0.15) is 0 Å². The maximum atomic E-state index is 15.1. The molecule has 4 aromatic carbocycles. The Morgan fingerprint density at radius 1 is 0.980 bits per heavy atom. The zero-order valence-electron chi connectivity index (χ0n) is 27.7. The summed E-state index contributed by atoms with van der Waals surface area (Å²) in [6.07, 6.45) is 0.667. The van der Waals surface area contributed by atoms with E-state index < -0.39 is 55.7 Å². The van der Waals surface area contributed by atoms with E-state index in [0.29, 0.717) is 12.2 Å². The second-order valence-electron chi connectivity index (χ2n) is 11.6. The number of carbonyl (C=O) groups excluding carboxylic acids is 2. The van der Waals surface area contributed by atoms with E-state index in [4.69, 9.17) is 4.74 Å².